The van der Waals surface area contributed by atoms with E-state index < -0.39 is 32.5 Å². The lowest BCUT2D eigenvalue weighted by atomic mass is 10.2. The number of nitrogens with one attached hydrogen (secondary N) is 1. The van der Waals surface area contributed by atoms with Crippen molar-refractivity contribution in [3.05, 3.63) is 57.8 Å². The molecule has 0 heterocycles. The van der Waals surface area contributed by atoms with Gasteiger partial charge in [-0.15, -0.1) is 0 Å². The SMILES string of the molecule is Cc1ccc(F)c(NS(=O)(=O)c2cc(Br)cc(C(F)(F)F)c2)c1. The molecule has 0 atom stereocenters. The Morgan fingerprint density at radius 3 is 2.35 bits per heavy atom. The van der Waals surface area contributed by atoms with Gasteiger partial charge in [0, 0.05) is 4.47 Å². The Morgan fingerprint density at radius 1 is 1.09 bits per heavy atom. The lowest BCUT2D eigenvalue weighted by Crippen LogP contribution is -2.15. The molecule has 9 heteroatoms. The van der Waals surface area contributed by atoms with Crippen LogP contribution in [0.5, 0.6) is 0 Å². The zero-order valence-electron chi connectivity index (χ0n) is 11.6. The van der Waals surface area contributed by atoms with Gasteiger partial charge in [-0.25, -0.2) is 12.8 Å². The van der Waals surface area contributed by atoms with Crippen molar-refractivity contribution in [1.82, 2.24) is 0 Å². The first-order valence-corrected chi connectivity index (χ1v) is 8.43. The summed E-state index contributed by atoms with van der Waals surface area (Å²) in [6.07, 6.45) is -4.71. The van der Waals surface area contributed by atoms with E-state index in [4.69, 9.17) is 0 Å². The molecule has 0 saturated heterocycles. The Morgan fingerprint density at radius 2 is 1.74 bits per heavy atom. The van der Waals surface area contributed by atoms with Crippen LogP contribution in [0.4, 0.5) is 23.2 Å². The molecule has 2 rings (SSSR count). The lowest BCUT2D eigenvalue weighted by molar-refractivity contribution is -0.137. The number of anilines is 1. The number of halogens is 5. The number of hydrogen-bond acceptors (Lipinski definition) is 2. The molecular formula is C14H10BrF4NO2S. The van der Waals surface area contributed by atoms with Gasteiger partial charge in [-0.1, -0.05) is 22.0 Å². The molecule has 0 fully saturated rings. The van der Waals surface area contributed by atoms with E-state index in [0.29, 0.717) is 11.6 Å². The fourth-order valence-corrected chi connectivity index (χ4v) is 3.58. The van der Waals surface area contributed by atoms with E-state index in [0.717, 1.165) is 18.2 Å². The molecule has 1 N–H and O–H groups in total. The molecule has 0 bridgehead atoms. The average molecular weight is 412 g/mol. The van der Waals surface area contributed by atoms with Gasteiger partial charge in [0.2, 0.25) is 0 Å². The number of hydrogen-bond donors (Lipinski definition) is 1. The molecule has 2 aromatic rings. The Labute approximate surface area is 138 Å². The monoisotopic (exact) mass is 411 g/mol. The van der Waals surface area contributed by atoms with Crippen molar-refractivity contribution >= 4 is 31.6 Å². The number of benzene rings is 2. The topological polar surface area (TPSA) is 46.2 Å². The Hall–Kier alpha value is -1.61. The van der Waals surface area contributed by atoms with Gasteiger partial charge in [0.1, 0.15) is 5.82 Å². The quantitative estimate of drug-likeness (QED) is 0.742. The number of rotatable bonds is 3. The van der Waals surface area contributed by atoms with E-state index >= 15 is 0 Å². The predicted molar refractivity (Wildman–Crippen MR) is 81.1 cm³/mol. The fourth-order valence-electron chi connectivity index (χ4n) is 1.80. The van der Waals surface area contributed by atoms with Crippen LogP contribution < -0.4 is 4.72 Å². The molecule has 0 amide bonds. The molecular weight excluding hydrogens is 402 g/mol. The summed E-state index contributed by atoms with van der Waals surface area (Å²) >= 11 is 2.84. The lowest BCUT2D eigenvalue weighted by Gasteiger charge is -2.13. The number of alkyl halides is 3. The van der Waals surface area contributed by atoms with Gasteiger partial charge in [-0.05, 0) is 42.8 Å². The summed E-state index contributed by atoms with van der Waals surface area (Å²) in [7, 11) is -4.38. The van der Waals surface area contributed by atoms with Gasteiger partial charge < -0.3 is 0 Å². The van der Waals surface area contributed by atoms with Crippen molar-refractivity contribution in [1.29, 1.82) is 0 Å². The van der Waals surface area contributed by atoms with Crippen LogP contribution in [0.2, 0.25) is 0 Å². The zero-order valence-corrected chi connectivity index (χ0v) is 14.0. The van der Waals surface area contributed by atoms with Crippen molar-refractivity contribution < 1.29 is 26.0 Å². The Kier molecular flexibility index (Phi) is 4.72. The Balaban J connectivity index is 2.48. The first-order chi connectivity index (χ1) is 10.5. The molecule has 0 unspecified atom stereocenters. The molecule has 0 aliphatic rings. The Bertz CT molecular complexity index is 850. The van der Waals surface area contributed by atoms with Crippen LogP contribution >= 0.6 is 15.9 Å². The largest absolute Gasteiger partial charge is 0.416 e. The van der Waals surface area contributed by atoms with Crippen LogP contribution in [0.15, 0.2) is 45.8 Å². The molecule has 0 radical (unpaired) electrons. The van der Waals surface area contributed by atoms with Crippen LogP contribution in [-0.4, -0.2) is 8.42 Å². The van der Waals surface area contributed by atoms with Crippen molar-refractivity contribution in [2.75, 3.05) is 4.72 Å². The van der Waals surface area contributed by atoms with E-state index in [9.17, 15) is 26.0 Å². The maximum atomic E-state index is 13.6. The third-order valence-corrected chi connectivity index (χ3v) is 4.68. The molecule has 0 aliphatic carbocycles. The van der Waals surface area contributed by atoms with Crippen molar-refractivity contribution in [3.63, 3.8) is 0 Å². The van der Waals surface area contributed by atoms with Gasteiger partial charge in [0.15, 0.2) is 0 Å². The highest BCUT2D eigenvalue weighted by molar-refractivity contribution is 9.10. The fraction of sp³-hybridized carbons (Fsp3) is 0.143. The summed E-state index contributed by atoms with van der Waals surface area (Å²) < 4.78 is 78.4. The van der Waals surface area contributed by atoms with E-state index in [1.54, 1.807) is 6.92 Å². The molecule has 0 aliphatic heterocycles. The summed E-state index contributed by atoms with van der Waals surface area (Å²) in [5, 5.41) is 0. The molecule has 3 nitrogen and oxygen atoms in total. The average Bonchev–Trinajstić information content (AvgIpc) is 2.41. The van der Waals surface area contributed by atoms with E-state index in [1.807, 2.05) is 4.72 Å². The van der Waals surface area contributed by atoms with E-state index in [2.05, 4.69) is 15.9 Å². The molecule has 23 heavy (non-hydrogen) atoms. The first kappa shape index (κ1) is 17.7. The maximum Gasteiger partial charge on any atom is 0.416 e. The minimum Gasteiger partial charge on any atom is -0.277 e. The molecule has 124 valence electrons. The normalized spacial score (nSPS) is 12.3. The second kappa shape index (κ2) is 6.12. The third-order valence-electron chi connectivity index (χ3n) is 2.88. The standard InChI is InChI=1S/C14H10BrF4NO2S/c1-8-2-3-12(16)13(4-8)20-23(21,22)11-6-9(14(17,18)19)5-10(15)7-11/h2-7,20H,1H3. The minimum absolute atomic E-state index is 0.0579. The number of aryl methyl sites for hydroxylation is 1. The zero-order chi connectivity index (χ0) is 17.4. The van der Waals surface area contributed by atoms with E-state index in [1.165, 1.54) is 12.1 Å². The summed E-state index contributed by atoms with van der Waals surface area (Å²) in [5.41, 5.74) is -0.871. The smallest absolute Gasteiger partial charge is 0.277 e. The summed E-state index contributed by atoms with van der Waals surface area (Å²) in [4.78, 5) is -0.625. The predicted octanol–water partition coefficient (Wildman–Crippen LogP) is 4.72. The molecule has 2 aromatic carbocycles. The van der Waals surface area contributed by atoms with Gasteiger partial charge in [0.25, 0.3) is 10.0 Å². The third kappa shape index (κ3) is 4.23. The minimum atomic E-state index is -4.71. The molecule has 0 spiro atoms. The summed E-state index contributed by atoms with van der Waals surface area (Å²) in [6, 6.07) is 6.00. The highest BCUT2D eigenvalue weighted by Gasteiger charge is 2.32. The number of sulfonamides is 1. The van der Waals surface area contributed by atoms with Crippen LogP contribution in [-0.2, 0) is 16.2 Å². The van der Waals surface area contributed by atoms with Gasteiger partial charge in [-0.3, -0.25) is 4.72 Å². The summed E-state index contributed by atoms with van der Waals surface area (Å²) in [5.74, 6) is -0.829. The van der Waals surface area contributed by atoms with Gasteiger partial charge in [0.05, 0.1) is 16.1 Å². The van der Waals surface area contributed by atoms with Crippen molar-refractivity contribution in [3.8, 4) is 0 Å². The first-order valence-electron chi connectivity index (χ1n) is 6.16. The second-order valence-electron chi connectivity index (χ2n) is 4.76. The van der Waals surface area contributed by atoms with E-state index in [-0.39, 0.29) is 10.2 Å². The van der Waals surface area contributed by atoms with Gasteiger partial charge >= 0.3 is 6.18 Å². The molecule has 0 aromatic heterocycles. The van der Waals surface area contributed by atoms with Crippen LogP contribution in [0.25, 0.3) is 0 Å². The van der Waals surface area contributed by atoms with Crippen LogP contribution in [0.3, 0.4) is 0 Å². The molecule has 0 saturated carbocycles. The highest BCUT2D eigenvalue weighted by Crippen LogP contribution is 2.33. The van der Waals surface area contributed by atoms with Crippen LogP contribution in [0, 0.1) is 12.7 Å². The second-order valence-corrected chi connectivity index (χ2v) is 7.36. The van der Waals surface area contributed by atoms with Crippen molar-refractivity contribution in [2.45, 2.75) is 18.0 Å². The van der Waals surface area contributed by atoms with Gasteiger partial charge in [-0.2, -0.15) is 13.2 Å². The maximum absolute atomic E-state index is 13.6. The highest BCUT2D eigenvalue weighted by atomic mass is 79.9. The summed E-state index contributed by atoms with van der Waals surface area (Å²) in [6.45, 7) is 1.62. The van der Waals surface area contributed by atoms with Crippen LogP contribution in [0.1, 0.15) is 11.1 Å². The van der Waals surface area contributed by atoms with Crippen molar-refractivity contribution in [2.24, 2.45) is 0 Å².